The van der Waals surface area contributed by atoms with Crippen molar-refractivity contribution < 1.29 is 36.2 Å². The van der Waals surface area contributed by atoms with E-state index in [0.29, 0.717) is 4.52 Å². The summed E-state index contributed by atoms with van der Waals surface area (Å²) in [6, 6.07) is 11.9. The number of anilines is 1. The molecule has 0 saturated heterocycles. The molecule has 37 heavy (non-hydrogen) atoms. The van der Waals surface area contributed by atoms with Crippen LogP contribution in [0.25, 0.3) is 16.9 Å². The molecule has 2 aromatic heterocycles. The molecule has 194 valence electrons. The van der Waals surface area contributed by atoms with Crippen LogP contribution >= 0.6 is 23.2 Å². The number of carbonyl (C=O) groups is 1. The number of halogens is 7. The number of methoxy groups -OCH3 is 1. The molecule has 0 unspecified atom stereocenters. The van der Waals surface area contributed by atoms with E-state index in [-0.39, 0.29) is 28.4 Å². The van der Waals surface area contributed by atoms with E-state index < -0.39 is 39.7 Å². The van der Waals surface area contributed by atoms with Crippen molar-refractivity contribution in [3.05, 3.63) is 71.0 Å². The summed E-state index contributed by atoms with van der Waals surface area (Å²) in [7, 11) is 2.66. The van der Waals surface area contributed by atoms with Crippen molar-refractivity contribution in [2.24, 2.45) is 0 Å². The van der Waals surface area contributed by atoms with Gasteiger partial charge in [0.1, 0.15) is 16.5 Å². The normalized spacial score (nSPS) is 12.0. The first-order valence-electron chi connectivity index (χ1n) is 10.2. The number of para-hydroxylation sites is 1. The minimum absolute atomic E-state index is 0.0990. The summed E-state index contributed by atoms with van der Waals surface area (Å²) in [6.07, 6.45) is -4.88. The lowest BCUT2D eigenvalue weighted by molar-refractivity contribution is -0.142. The molecule has 14 heteroatoms. The molecule has 0 aliphatic heterocycles. The van der Waals surface area contributed by atoms with Crippen molar-refractivity contribution in [3.8, 4) is 22.8 Å². The van der Waals surface area contributed by atoms with E-state index >= 15 is 0 Å². The van der Waals surface area contributed by atoms with Gasteiger partial charge < -0.3 is 14.4 Å². The van der Waals surface area contributed by atoms with Crippen molar-refractivity contribution >= 4 is 40.4 Å². The van der Waals surface area contributed by atoms with Gasteiger partial charge in [-0.25, -0.2) is 9.50 Å². The van der Waals surface area contributed by atoms with Crippen molar-refractivity contribution in [1.82, 2.24) is 14.6 Å². The number of rotatable bonds is 6. The third kappa shape index (κ3) is 5.39. The molecular weight excluding hydrogens is 546 g/mol. The maximum atomic E-state index is 14.0. The third-order valence-corrected chi connectivity index (χ3v) is 5.60. The Balaban J connectivity index is 1.78. The van der Waals surface area contributed by atoms with Gasteiger partial charge in [-0.1, -0.05) is 23.7 Å². The quantitative estimate of drug-likeness (QED) is 0.198. The second-order valence-corrected chi connectivity index (χ2v) is 8.35. The molecule has 0 spiro atoms. The summed E-state index contributed by atoms with van der Waals surface area (Å²) in [4.78, 5) is 18.4. The number of hydrogen-bond acceptors (Lipinski definition) is 5. The molecule has 0 fully saturated rings. The Morgan fingerprint density at radius 1 is 1.05 bits per heavy atom. The number of fused-ring (bicyclic) bond motifs is 1. The highest BCUT2D eigenvalue weighted by Crippen LogP contribution is 2.37. The molecule has 0 N–H and O–H groups in total. The molecular formula is C23H15Cl2F5N4O3. The predicted octanol–water partition coefficient (Wildman–Crippen LogP) is 6.52. The Bertz CT molecular complexity index is 1470. The smallest absolute Gasteiger partial charge is 0.487 e. The molecule has 2 heterocycles. The highest BCUT2D eigenvalue weighted by molar-refractivity contribution is 6.37. The van der Waals surface area contributed by atoms with Gasteiger partial charge in [-0.05, 0) is 42.5 Å². The minimum Gasteiger partial charge on any atom is -0.496 e. The van der Waals surface area contributed by atoms with Crippen LogP contribution in [-0.4, -0.2) is 40.2 Å². The van der Waals surface area contributed by atoms with Crippen LogP contribution in [0.3, 0.4) is 0 Å². The first-order chi connectivity index (χ1) is 17.3. The van der Waals surface area contributed by atoms with Crippen LogP contribution in [0.4, 0.5) is 27.6 Å². The van der Waals surface area contributed by atoms with Crippen molar-refractivity contribution in [3.63, 3.8) is 0 Å². The van der Waals surface area contributed by atoms with Gasteiger partial charge in [0, 0.05) is 29.9 Å². The number of amides is 1. The van der Waals surface area contributed by atoms with Gasteiger partial charge in [-0.3, -0.25) is 4.79 Å². The van der Waals surface area contributed by atoms with Crippen LogP contribution in [0.5, 0.6) is 11.5 Å². The van der Waals surface area contributed by atoms with Crippen molar-refractivity contribution in [1.29, 1.82) is 0 Å². The number of ether oxygens (including phenoxy) is 2. The number of benzene rings is 2. The zero-order valence-electron chi connectivity index (χ0n) is 18.9. The fourth-order valence-electron chi connectivity index (χ4n) is 3.47. The van der Waals surface area contributed by atoms with Crippen LogP contribution in [0, 0.1) is 0 Å². The molecule has 0 atom stereocenters. The van der Waals surface area contributed by atoms with Crippen LogP contribution < -0.4 is 14.4 Å². The number of nitrogens with zero attached hydrogens (tertiary/aromatic N) is 4. The van der Waals surface area contributed by atoms with Crippen LogP contribution in [0.2, 0.25) is 5.02 Å². The topological polar surface area (TPSA) is 69.0 Å². The lowest BCUT2D eigenvalue weighted by Gasteiger charge is -2.17. The molecule has 0 aliphatic rings. The summed E-state index contributed by atoms with van der Waals surface area (Å²) in [5.41, 5.74) is -5.70. The predicted molar refractivity (Wildman–Crippen MR) is 126 cm³/mol. The molecule has 0 radical (unpaired) electrons. The van der Waals surface area contributed by atoms with Crippen molar-refractivity contribution in [2.45, 2.75) is 11.7 Å². The Morgan fingerprint density at radius 2 is 1.70 bits per heavy atom. The van der Waals surface area contributed by atoms with E-state index in [1.54, 1.807) is 18.2 Å². The van der Waals surface area contributed by atoms with Crippen LogP contribution in [-0.2, 0) is 6.18 Å². The van der Waals surface area contributed by atoms with Gasteiger partial charge in [0.15, 0.2) is 17.0 Å². The molecule has 0 saturated carbocycles. The van der Waals surface area contributed by atoms with Crippen LogP contribution in [0.15, 0.2) is 54.6 Å². The lowest BCUT2D eigenvalue weighted by Crippen LogP contribution is -2.27. The van der Waals surface area contributed by atoms with Crippen LogP contribution in [0.1, 0.15) is 16.2 Å². The summed E-state index contributed by atoms with van der Waals surface area (Å²) in [5.74, 6) is -0.879. The molecule has 4 aromatic rings. The first kappa shape index (κ1) is 26.4. The van der Waals surface area contributed by atoms with Gasteiger partial charge in [-0.2, -0.15) is 18.3 Å². The highest BCUT2D eigenvalue weighted by Gasteiger charge is 2.37. The summed E-state index contributed by atoms with van der Waals surface area (Å²) in [6.45, 7) is 0. The Kier molecular flexibility index (Phi) is 6.91. The van der Waals surface area contributed by atoms with E-state index in [0.717, 1.165) is 23.1 Å². The van der Waals surface area contributed by atoms with Crippen molar-refractivity contribution in [2.75, 3.05) is 19.1 Å². The molecule has 1 amide bonds. The van der Waals surface area contributed by atoms with E-state index in [4.69, 9.17) is 27.9 Å². The average molecular weight is 561 g/mol. The zero-order chi connectivity index (χ0) is 27.1. The molecule has 4 rings (SSSR count). The number of hydrogen-bond donors (Lipinski definition) is 0. The highest BCUT2D eigenvalue weighted by atomic mass is 35.5. The van der Waals surface area contributed by atoms with Gasteiger partial charge in [0.05, 0.1) is 12.8 Å². The monoisotopic (exact) mass is 560 g/mol. The molecule has 7 nitrogen and oxygen atoms in total. The maximum Gasteiger partial charge on any atom is 0.487 e. The summed E-state index contributed by atoms with van der Waals surface area (Å²) < 4.78 is 77.5. The number of alkyl halides is 6. The van der Waals surface area contributed by atoms with Gasteiger partial charge >= 0.3 is 11.7 Å². The second kappa shape index (κ2) is 9.67. The van der Waals surface area contributed by atoms with E-state index in [9.17, 15) is 26.7 Å². The zero-order valence-corrected chi connectivity index (χ0v) is 20.4. The Labute approximate surface area is 215 Å². The Hall–Kier alpha value is -3.64. The largest absolute Gasteiger partial charge is 0.496 e. The summed E-state index contributed by atoms with van der Waals surface area (Å²) >= 11 is 11.1. The third-order valence-electron chi connectivity index (χ3n) is 5.17. The molecule has 2 aromatic carbocycles. The maximum absolute atomic E-state index is 14.0. The second-order valence-electron chi connectivity index (χ2n) is 7.53. The Morgan fingerprint density at radius 3 is 2.30 bits per heavy atom. The number of carbonyl (C=O) groups excluding carboxylic acids is 1. The standard InChI is InChI=1S/C23H15Cl2F5N4O3/c1-33(12-7-9-13(10-8-12)37-23(25,29)30)21(35)19-18(24)20-31-15(14-5-3-4-6-16(14)36-2)11-17(22(26,27)28)34(20)32-19/h3-11H,1-2H3. The van der Waals surface area contributed by atoms with E-state index in [1.165, 1.54) is 32.4 Å². The molecule has 0 aliphatic carbocycles. The average Bonchev–Trinajstić information content (AvgIpc) is 3.17. The SMILES string of the molecule is COc1ccccc1-c1cc(C(F)(F)F)n2nc(C(=O)N(C)c3ccc(OC(F)(F)Cl)cc3)c(Cl)c2n1. The van der Waals surface area contributed by atoms with Gasteiger partial charge in [0.2, 0.25) is 0 Å². The van der Waals surface area contributed by atoms with E-state index in [1.807, 2.05) is 0 Å². The minimum atomic E-state index is -4.88. The van der Waals surface area contributed by atoms with E-state index in [2.05, 4.69) is 14.8 Å². The summed E-state index contributed by atoms with van der Waals surface area (Å²) in [5, 5.41) is 3.39. The number of aromatic nitrogens is 3. The van der Waals surface area contributed by atoms with Gasteiger partial charge in [-0.15, -0.1) is 8.78 Å². The molecule has 0 bridgehead atoms. The fraction of sp³-hybridized carbons (Fsp3) is 0.174. The van der Waals surface area contributed by atoms with Gasteiger partial charge in [0.25, 0.3) is 5.91 Å². The fourth-order valence-corrected chi connectivity index (χ4v) is 3.80. The first-order valence-corrected chi connectivity index (χ1v) is 11.0. The lowest BCUT2D eigenvalue weighted by atomic mass is 10.1.